The van der Waals surface area contributed by atoms with Crippen molar-refractivity contribution in [3.8, 4) is 11.4 Å². The first-order chi connectivity index (χ1) is 12.0. The van der Waals surface area contributed by atoms with Gasteiger partial charge in [0.1, 0.15) is 11.3 Å². The monoisotopic (exact) mass is 367 g/mol. The Bertz CT molecular complexity index is 953. The van der Waals surface area contributed by atoms with Gasteiger partial charge in [0.25, 0.3) is 5.91 Å². The molecule has 1 N–H and O–H groups in total. The van der Waals surface area contributed by atoms with Gasteiger partial charge in [-0.15, -0.1) is 0 Å². The Hall–Kier alpha value is -2.91. The van der Waals surface area contributed by atoms with Gasteiger partial charge in [-0.2, -0.15) is 18.2 Å². The van der Waals surface area contributed by atoms with E-state index < -0.39 is 12.1 Å². The van der Waals surface area contributed by atoms with Crippen LogP contribution in [0.4, 0.5) is 13.2 Å². The smallest absolute Gasteiger partial charge is 0.350 e. The SMILES string of the molecule is CC(C)(C)CNC(=O)c1cn2ccc(-c3noc(C(F)(F)F)n3)cc2n1. The van der Waals surface area contributed by atoms with Crippen molar-refractivity contribution < 1.29 is 22.5 Å². The van der Waals surface area contributed by atoms with E-state index in [1.165, 1.54) is 18.3 Å². The molecular weight excluding hydrogens is 351 g/mol. The van der Waals surface area contributed by atoms with E-state index in [2.05, 4.69) is 25.0 Å². The molecule has 3 heterocycles. The summed E-state index contributed by atoms with van der Waals surface area (Å²) in [5.74, 6) is -1.95. The van der Waals surface area contributed by atoms with E-state index in [-0.39, 0.29) is 22.8 Å². The second-order valence-electron chi connectivity index (χ2n) is 6.97. The third-order valence-corrected chi connectivity index (χ3v) is 3.40. The van der Waals surface area contributed by atoms with E-state index in [9.17, 15) is 18.0 Å². The Labute approximate surface area is 146 Å². The highest BCUT2D eigenvalue weighted by molar-refractivity contribution is 5.93. The van der Waals surface area contributed by atoms with Gasteiger partial charge in [-0.1, -0.05) is 25.9 Å². The number of hydrogen-bond donors (Lipinski definition) is 1. The van der Waals surface area contributed by atoms with Crippen molar-refractivity contribution in [3.63, 3.8) is 0 Å². The summed E-state index contributed by atoms with van der Waals surface area (Å²) in [6.07, 6.45) is -1.61. The third-order valence-electron chi connectivity index (χ3n) is 3.40. The van der Waals surface area contributed by atoms with Crippen LogP contribution in [0.2, 0.25) is 0 Å². The van der Waals surface area contributed by atoms with Crippen molar-refractivity contribution in [2.24, 2.45) is 5.41 Å². The minimum Gasteiger partial charge on any atom is -0.350 e. The van der Waals surface area contributed by atoms with Gasteiger partial charge in [-0.05, 0) is 17.5 Å². The second-order valence-corrected chi connectivity index (χ2v) is 6.97. The number of carbonyl (C=O) groups excluding carboxylic acids is 1. The number of fused-ring (bicyclic) bond motifs is 1. The zero-order valence-electron chi connectivity index (χ0n) is 14.3. The molecule has 0 atom stereocenters. The second kappa shape index (κ2) is 6.11. The molecule has 0 spiro atoms. The lowest BCUT2D eigenvalue weighted by molar-refractivity contribution is -0.159. The average molecular weight is 367 g/mol. The Morgan fingerprint density at radius 3 is 2.62 bits per heavy atom. The molecule has 0 radical (unpaired) electrons. The van der Waals surface area contributed by atoms with Crippen molar-refractivity contribution in [2.75, 3.05) is 6.54 Å². The number of hydrogen-bond acceptors (Lipinski definition) is 5. The number of rotatable bonds is 3. The van der Waals surface area contributed by atoms with Crippen LogP contribution in [0.3, 0.4) is 0 Å². The van der Waals surface area contributed by atoms with E-state index in [1.54, 1.807) is 10.6 Å². The number of alkyl halides is 3. The van der Waals surface area contributed by atoms with E-state index in [0.717, 1.165) is 0 Å². The van der Waals surface area contributed by atoms with Crippen LogP contribution in [0.15, 0.2) is 29.0 Å². The Morgan fingerprint density at radius 1 is 1.27 bits per heavy atom. The van der Waals surface area contributed by atoms with E-state index >= 15 is 0 Å². The zero-order valence-corrected chi connectivity index (χ0v) is 14.3. The maximum absolute atomic E-state index is 12.6. The summed E-state index contributed by atoms with van der Waals surface area (Å²) in [7, 11) is 0. The number of nitrogens with zero attached hydrogens (tertiary/aromatic N) is 4. The molecule has 0 aromatic carbocycles. The lowest BCUT2D eigenvalue weighted by Gasteiger charge is -2.17. The number of carbonyl (C=O) groups is 1. The quantitative estimate of drug-likeness (QED) is 0.768. The average Bonchev–Trinajstić information content (AvgIpc) is 3.17. The number of amides is 1. The van der Waals surface area contributed by atoms with Gasteiger partial charge < -0.3 is 14.2 Å². The molecule has 0 unspecified atom stereocenters. The predicted molar refractivity (Wildman–Crippen MR) is 85.3 cm³/mol. The van der Waals surface area contributed by atoms with Crippen LogP contribution in [0, 0.1) is 5.41 Å². The van der Waals surface area contributed by atoms with Crippen LogP contribution < -0.4 is 5.32 Å². The summed E-state index contributed by atoms with van der Waals surface area (Å²) in [5.41, 5.74) is 0.804. The number of pyridine rings is 1. The molecule has 10 heteroatoms. The summed E-state index contributed by atoms with van der Waals surface area (Å²) >= 11 is 0. The van der Waals surface area contributed by atoms with Gasteiger partial charge in [0, 0.05) is 24.5 Å². The van der Waals surface area contributed by atoms with Gasteiger partial charge >= 0.3 is 12.1 Å². The molecule has 0 saturated heterocycles. The molecular formula is C16H16F3N5O2. The normalized spacial score (nSPS) is 12.5. The van der Waals surface area contributed by atoms with E-state index in [0.29, 0.717) is 17.8 Å². The summed E-state index contributed by atoms with van der Waals surface area (Å²) < 4.78 is 43.5. The van der Waals surface area contributed by atoms with Gasteiger partial charge in [0.2, 0.25) is 5.82 Å². The maximum atomic E-state index is 12.6. The van der Waals surface area contributed by atoms with Gasteiger partial charge in [-0.25, -0.2) is 4.98 Å². The van der Waals surface area contributed by atoms with E-state index in [4.69, 9.17) is 0 Å². The first-order valence-electron chi connectivity index (χ1n) is 7.71. The van der Waals surface area contributed by atoms with Gasteiger partial charge in [-0.3, -0.25) is 4.79 Å². The fraction of sp³-hybridized carbons (Fsp3) is 0.375. The maximum Gasteiger partial charge on any atom is 0.471 e. The lowest BCUT2D eigenvalue weighted by atomic mass is 9.97. The molecule has 0 aliphatic carbocycles. The first kappa shape index (κ1) is 17.9. The summed E-state index contributed by atoms with van der Waals surface area (Å²) in [5, 5.41) is 6.12. The predicted octanol–water partition coefficient (Wildman–Crippen LogP) is 3.18. The van der Waals surface area contributed by atoms with Crippen molar-refractivity contribution in [2.45, 2.75) is 26.9 Å². The number of aromatic nitrogens is 4. The Kier molecular flexibility index (Phi) is 4.21. The minimum absolute atomic E-state index is 0.0726. The number of imidazole rings is 1. The molecule has 3 aromatic heterocycles. The molecule has 138 valence electrons. The molecule has 0 aliphatic rings. The minimum atomic E-state index is -4.71. The van der Waals surface area contributed by atoms with Crippen LogP contribution in [0.1, 0.15) is 37.2 Å². The fourth-order valence-electron chi connectivity index (χ4n) is 2.12. The van der Waals surface area contributed by atoms with Crippen LogP contribution in [0.25, 0.3) is 17.0 Å². The molecule has 3 rings (SSSR count). The first-order valence-corrected chi connectivity index (χ1v) is 7.71. The zero-order chi connectivity index (χ0) is 19.1. The molecule has 3 aromatic rings. The molecule has 0 saturated carbocycles. The van der Waals surface area contributed by atoms with Crippen molar-refractivity contribution >= 4 is 11.6 Å². The number of halogens is 3. The highest BCUT2D eigenvalue weighted by atomic mass is 19.4. The largest absolute Gasteiger partial charge is 0.471 e. The molecule has 1 amide bonds. The topological polar surface area (TPSA) is 85.3 Å². The Balaban J connectivity index is 1.86. The number of nitrogens with one attached hydrogen (secondary N) is 1. The molecule has 7 nitrogen and oxygen atoms in total. The third kappa shape index (κ3) is 3.84. The molecule has 0 aliphatic heterocycles. The van der Waals surface area contributed by atoms with Crippen molar-refractivity contribution in [1.82, 2.24) is 24.8 Å². The summed E-state index contributed by atoms with van der Waals surface area (Å²) in [6.45, 7) is 6.45. The fourth-order valence-corrected chi connectivity index (χ4v) is 2.12. The summed E-state index contributed by atoms with van der Waals surface area (Å²) in [4.78, 5) is 19.7. The van der Waals surface area contributed by atoms with E-state index in [1.807, 2.05) is 20.8 Å². The van der Waals surface area contributed by atoms with Crippen molar-refractivity contribution in [1.29, 1.82) is 0 Å². The highest BCUT2D eigenvalue weighted by Gasteiger charge is 2.38. The highest BCUT2D eigenvalue weighted by Crippen LogP contribution is 2.29. The summed E-state index contributed by atoms with van der Waals surface area (Å²) in [6, 6.07) is 2.99. The Morgan fingerprint density at radius 2 is 2.00 bits per heavy atom. The molecule has 26 heavy (non-hydrogen) atoms. The van der Waals surface area contributed by atoms with Gasteiger partial charge in [0.05, 0.1) is 0 Å². The molecule has 0 bridgehead atoms. The lowest BCUT2D eigenvalue weighted by Crippen LogP contribution is -2.32. The standard InChI is InChI=1S/C16H16F3N5O2/c1-15(2,3)8-20-13(25)10-7-24-5-4-9(6-11(24)21-10)12-22-14(26-23-12)16(17,18)19/h4-7H,8H2,1-3H3,(H,20,25). The van der Waals surface area contributed by atoms with Gasteiger partial charge in [0.15, 0.2) is 0 Å². The van der Waals surface area contributed by atoms with Crippen LogP contribution >= 0.6 is 0 Å². The van der Waals surface area contributed by atoms with Crippen LogP contribution in [-0.2, 0) is 6.18 Å². The molecule has 0 fully saturated rings. The van der Waals surface area contributed by atoms with Crippen molar-refractivity contribution in [3.05, 3.63) is 36.1 Å². The van der Waals surface area contributed by atoms with Crippen LogP contribution in [-0.4, -0.2) is 32.0 Å². The van der Waals surface area contributed by atoms with Crippen LogP contribution in [0.5, 0.6) is 0 Å².